The molecule has 110 valence electrons. The summed E-state index contributed by atoms with van der Waals surface area (Å²) in [6, 6.07) is 8.69. The van der Waals surface area contributed by atoms with Crippen LogP contribution >= 0.6 is 0 Å². The van der Waals surface area contributed by atoms with Gasteiger partial charge in [-0.2, -0.15) is 0 Å². The van der Waals surface area contributed by atoms with Gasteiger partial charge in [0.25, 0.3) is 0 Å². The van der Waals surface area contributed by atoms with Gasteiger partial charge in [0.15, 0.2) is 11.5 Å². The third-order valence-electron chi connectivity index (χ3n) is 3.06. The van der Waals surface area contributed by atoms with Crippen LogP contribution in [0.15, 0.2) is 34.7 Å². The normalized spacial score (nSPS) is 13.1. The molecular weight excluding hydrogens is 276 g/mol. The van der Waals surface area contributed by atoms with E-state index in [1.54, 1.807) is 6.07 Å². The van der Waals surface area contributed by atoms with Crippen LogP contribution in [-0.2, 0) is 13.1 Å². The second-order valence-electron chi connectivity index (χ2n) is 4.58. The summed E-state index contributed by atoms with van der Waals surface area (Å²) in [4.78, 5) is 9.96. The summed E-state index contributed by atoms with van der Waals surface area (Å²) in [6.07, 6.45) is 0. The first-order chi connectivity index (χ1) is 10.2. The molecule has 0 aliphatic carbocycles. The van der Waals surface area contributed by atoms with Crippen molar-refractivity contribution in [2.75, 3.05) is 13.2 Å². The molecule has 0 amide bonds. The summed E-state index contributed by atoms with van der Waals surface area (Å²) in [6.45, 7) is 2.15. The van der Waals surface area contributed by atoms with Crippen LogP contribution in [0.5, 0.6) is 11.5 Å². The fourth-order valence-electron chi connectivity index (χ4n) is 2.09. The van der Waals surface area contributed by atoms with E-state index in [-0.39, 0.29) is 5.88 Å². The highest BCUT2D eigenvalue weighted by molar-refractivity contribution is 5.43. The van der Waals surface area contributed by atoms with Crippen LogP contribution in [0.25, 0.3) is 0 Å². The lowest BCUT2D eigenvalue weighted by molar-refractivity contribution is -0.402. The predicted octanol–water partition coefficient (Wildman–Crippen LogP) is 2.25. The van der Waals surface area contributed by atoms with Gasteiger partial charge in [0.2, 0.25) is 0 Å². The number of nitrogens with one attached hydrogen (secondary N) is 1. The number of nitrogens with zero attached hydrogens (tertiary/aromatic N) is 1. The molecule has 0 fully saturated rings. The van der Waals surface area contributed by atoms with Crippen LogP contribution < -0.4 is 14.8 Å². The van der Waals surface area contributed by atoms with Crippen LogP contribution in [0.4, 0.5) is 5.88 Å². The maximum atomic E-state index is 10.5. The van der Waals surface area contributed by atoms with Crippen LogP contribution in [-0.4, -0.2) is 18.1 Å². The van der Waals surface area contributed by atoms with E-state index in [2.05, 4.69) is 5.32 Å². The summed E-state index contributed by atoms with van der Waals surface area (Å²) >= 11 is 0. The molecule has 1 aromatic carbocycles. The van der Waals surface area contributed by atoms with Crippen molar-refractivity contribution in [2.24, 2.45) is 0 Å². The van der Waals surface area contributed by atoms with Crippen molar-refractivity contribution in [3.05, 3.63) is 51.8 Å². The molecule has 0 saturated heterocycles. The fraction of sp³-hybridized carbons (Fsp3) is 0.286. The van der Waals surface area contributed by atoms with Crippen molar-refractivity contribution in [3.8, 4) is 11.5 Å². The van der Waals surface area contributed by atoms with Crippen molar-refractivity contribution in [2.45, 2.75) is 13.1 Å². The number of ether oxygens (including phenoxy) is 2. The number of nitro groups is 1. The smallest absolute Gasteiger partial charge is 0.433 e. The molecule has 0 unspecified atom stereocenters. The molecule has 2 heterocycles. The van der Waals surface area contributed by atoms with Gasteiger partial charge in [-0.3, -0.25) is 10.1 Å². The topological polar surface area (TPSA) is 86.8 Å². The molecule has 1 N–H and O–H groups in total. The molecular formula is C14H14N2O5. The predicted molar refractivity (Wildman–Crippen MR) is 73.3 cm³/mol. The Bertz CT molecular complexity index is 653. The van der Waals surface area contributed by atoms with Crippen LogP contribution in [0, 0.1) is 10.1 Å². The minimum absolute atomic E-state index is 0.244. The minimum atomic E-state index is -0.551. The minimum Gasteiger partial charge on any atom is -0.486 e. The van der Waals surface area contributed by atoms with Gasteiger partial charge in [-0.05, 0) is 23.8 Å². The van der Waals surface area contributed by atoms with Crippen LogP contribution in [0.2, 0.25) is 0 Å². The molecule has 0 saturated carbocycles. The van der Waals surface area contributed by atoms with E-state index in [4.69, 9.17) is 13.9 Å². The molecule has 2 aromatic rings. The summed E-state index contributed by atoms with van der Waals surface area (Å²) in [5.74, 6) is 1.78. The zero-order valence-electron chi connectivity index (χ0n) is 11.2. The third-order valence-corrected chi connectivity index (χ3v) is 3.06. The van der Waals surface area contributed by atoms with Gasteiger partial charge in [0.05, 0.1) is 12.6 Å². The number of fused-ring (bicyclic) bond motifs is 1. The second-order valence-corrected chi connectivity index (χ2v) is 4.58. The Morgan fingerprint density at radius 2 is 1.90 bits per heavy atom. The average Bonchev–Trinajstić information content (AvgIpc) is 2.96. The Balaban J connectivity index is 1.56. The molecule has 7 nitrogen and oxygen atoms in total. The van der Waals surface area contributed by atoms with E-state index >= 15 is 0 Å². The Morgan fingerprint density at radius 3 is 2.67 bits per heavy atom. The average molecular weight is 290 g/mol. The first-order valence-corrected chi connectivity index (χ1v) is 6.55. The van der Waals surface area contributed by atoms with Gasteiger partial charge >= 0.3 is 5.88 Å². The molecule has 1 aliphatic rings. The van der Waals surface area contributed by atoms with Gasteiger partial charge in [0, 0.05) is 6.54 Å². The van der Waals surface area contributed by atoms with E-state index in [0.717, 1.165) is 17.1 Å². The molecule has 7 heteroatoms. The molecule has 0 spiro atoms. The Morgan fingerprint density at radius 1 is 1.10 bits per heavy atom. The van der Waals surface area contributed by atoms with Crippen molar-refractivity contribution >= 4 is 5.88 Å². The molecule has 21 heavy (non-hydrogen) atoms. The molecule has 0 bridgehead atoms. The Labute approximate surface area is 120 Å². The Kier molecular flexibility index (Phi) is 3.74. The standard InChI is InChI=1S/C14H14N2O5/c17-16(18)14-4-2-11(21-14)9-15-8-10-1-3-12-13(7-10)20-6-5-19-12/h1-4,7,15H,5-6,8-9H2. The summed E-state index contributed by atoms with van der Waals surface area (Å²) in [5, 5.41) is 13.7. The first kappa shape index (κ1) is 13.4. The molecule has 3 rings (SSSR count). The maximum absolute atomic E-state index is 10.5. The van der Waals surface area contributed by atoms with Gasteiger partial charge in [-0.1, -0.05) is 6.07 Å². The number of hydrogen-bond acceptors (Lipinski definition) is 6. The van der Waals surface area contributed by atoms with E-state index < -0.39 is 4.92 Å². The van der Waals surface area contributed by atoms with Crippen molar-refractivity contribution in [1.29, 1.82) is 0 Å². The molecule has 0 radical (unpaired) electrons. The van der Waals surface area contributed by atoms with Crippen molar-refractivity contribution < 1.29 is 18.8 Å². The third kappa shape index (κ3) is 3.14. The van der Waals surface area contributed by atoms with Crippen molar-refractivity contribution in [3.63, 3.8) is 0 Å². The highest BCUT2D eigenvalue weighted by Gasteiger charge is 2.13. The van der Waals surface area contributed by atoms with E-state index in [1.807, 2.05) is 18.2 Å². The zero-order valence-corrected chi connectivity index (χ0v) is 11.2. The number of hydrogen-bond donors (Lipinski definition) is 1. The zero-order chi connectivity index (χ0) is 14.7. The molecule has 1 aliphatic heterocycles. The quantitative estimate of drug-likeness (QED) is 0.671. The SMILES string of the molecule is O=[N+]([O-])c1ccc(CNCc2ccc3c(c2)OCCO3)o1. The highest BCUT2D eigenvalue weighted by Crippen LogP contribution is 2.30. The number of furan rings is 1. The van der Waals surface area contributed by atoms with Gasteiger partial charge < -0.3 is 19.2 Å². The highest BCUT2D eigenvalue weighted by atomic mass is 16.6. The van der Waals surface area contributed by atoms with Gasteiger partial charge in [-0.15, -0.1) is 0 Å². The Hall–Kier alpha value is -2.54. The lowest BCUT2D eigenvalue weighted by atomic mass is 10.2. The van der Waals surface area contributed by atoms with E-state index in [0.29, 0.717) is 32.1 Å². The first-order valence-electron chi connectivity index (χ1n) is 6.55. The van der Waals surface area contributed by atoms with Crippen LogP contribution in [0.1, 0.15) is 11.3 Å². The summed E-state index contributed by atoms with van der Waals surface area (Å²) < 4.78 is 16.0. The van der Waals surface area contributed by atoms with Gasteiger partial charge in [0.1, 0.15) is 23.9 Å². The van der Waals surface area contributed by atoms with E-state index in [9.17, 15) is 10.1 Å². The van der Waals surface area contributed by atoms with Crippen LogP contribution in [0.3, 0.4) is 0 Å². The molecule has 1 aromatic heterocycles. The number of benzene rings is 1. The number of rotatable bonds is 5. The lowest BCUT2D eigenvalue weighted by Gasteiger charge is -2.18. The second kappa shape index (κ2) is 5.84. The fourth-order valence-corrected chi connectivity index (χ4v) is 2.09. The lowest BCUT2D eigenvalue weighted by Crippen LogP contribution is -2.16. The van der Waals surface area contributed by atoms with Crippen molar-refractivity contribution in [1.82, 2.24) is 5.32 Å². The largest absolute Gasteiger partial charge is 0.486 e. The van der Waals surface area contributed by atoms with E-state index in [1.165, 1.54) is 6.07 Å². The van der Waals surface area contributed by atoms with Gasteiger partial charge in [-0.25, -0.2) is 0 Å². The summed E-state index contributed by atoms with van der Waals surface area (Å²) in [7, 11) is 0. The maximum Gasteiger partial charge on any atom is 0.433 e. The molecule has 0 atom stereocenters. The monoisotopic (exact) mass is 290 g/mol. The summed E-state index contributed by atoms with van der Waals surface area (Å²) in [5.41, 5.74) is 1.04.